The van der Waals surface area contributed by atoms with Crippen molar-refractivity contribution in [2.45, 2.75) is 32.0 Å². The summed E-state index contributed by atoms with van der Waals surface area (Å²) in [5.74, 6) is 0. The van der Waals surface area contributed by atoms with Crippen molar-refractivity contribution in [3.8, 4) is 0 Å². The zero-order valence-corrected chi connectivity index (χ0v) is 11.3. The second kappa shape index (κ2) is 5.40. The monoisotopic (exact) mass is 242 g/mol. The fraction of sp³-hybridized carbons (Fsp3) is 0.375. The van der Waals surface area contributed by atoms with Crippen LogP contribution in [-0.4, -0.2) is 18.0 Å². The first-order chi connectivity index (χ1) is 8.67. The number of benzene rings is 1. The van der Waals surface area contributed by atoms with Gasteiger partial charge in [0.1, 0.15) is 0 Å². The number of rotatable bonds is 5. The van der Waals surface area contributed by atoms with Crippen molar-refractivity contribution in [3.63, 3.8) is 0 Å². The summed E-state index contributed by atoms with van der Waals surface area (Å²) in [6.07, 6.45) is 2.95. The van der Waals surface area contributed by atoms with Crippen LogP contribution in [-0.2, 0) is 6.54 Å². The first-order valence-electron chi connectivity index (χ1n) is 6.49. The Balaban J connectivity index is 2.16. The number of nitrogens with zero attached hydrogens (tertiary/aromatic N) is 1. The van der Waals surface area contributed by atoms with Crippen LogP contribution >= 0.6 is 0 Å². The standard InChI is InChI=1S/C16H22N2/c1-5-15(10-12(2)17-4)18-11-14-8-6-7-9-16(14)13(18)3/h5-9,13,15,17H,1-2,10-11H2,3-4H3. The summed E-state index contributed by atoms with van der Waals surface area (Å²) in [6, 6.07) is 9.48. The highest BCUT2D eigenvalue weighted by Crippen LogP contribution is 2.35. The molecule has 0 radical (unpaired) electrons. The van der Waals surface area contributed by atoms with Crippen molar-refractivity contribution in [1.29, 1.82) is 0 Å². The highest BCUT2D eigenvalue weighted by molar-refractivity contribution is 5.34. The van der Waals surface area contributed by atoms with Crippen LogP contribution in [0.3, 0.4) is 0 Å². The van der Waals surface area contributed by atoms with Gasteiger partial charge in [0.15, 0.2) is 0 Å². The van der Waals surface area contributed by atoms with Gasteiger partial charge in [0, 0.05) is 37.8 Å². The molecule has 2 rings (SSSR count). The van der Waals surface area contributed by atoms with Crippen LogP contribution in [0.15, 0.2) is 49.2 Å². The Morgan fingerprint density at radius 1 is 1.56 bits per heavy atom. The van der Waals surface area contributed by atoms with Gasteiger partial charge in [-0.1, -0.05) is 36.9 Å². The van der Waals surface area contributed by atoms with Gasteiger partial charge in [0.25, 0.3) is 0 Å². The fourth-order valence-corrected chi connectivity index (χ4v) is 2.69. The zero-order valence-electron chi connectivity index (χ0n) is 11.3. The lowest BCUT2D eigenvalue weighted by atomic mass is 10.1. The quantitative estimate of drug-likeness (QED) is 0.797. The summed E-state index contributed by atoms with van der Waals surface area (Å²) in [5, 5.41) is 3.12. The third kappa shape index (κ3) is 2.34. The van der Waals surface area contributed by atoms with Gasteiger partial charge in [-0.25, -0.2) is 0 Å². The van der Waals surface area contributed by atoms with Gasteiger partial charge < -0.3 is 5.32 Å². The van der Waals surface area contributed by atoms with E-state index in [4.69, 9.17) is 0 Å². The van der Waals surface area contributed by atoms with Crippen molar-refractivity contribution < 1.29 is 0 Å². The van der Waals surface area contributed by atoms with E-state index in [1.54, 1.807) is 0 Å². The molecule has 1 heterocycles. The van der Waals surface area contributed by atoms with Crippen molar-refractivity contribution in [1.82, 2.24) is 10.2 Å². The Bertz CT molecular complexity index is 450. The summed E-state index contributed by atoms with van der Waals surface area (Å²) < 4.78 is 0. The van der Waals surface area contributed by atoms with Gasteiger partial charge in [0.2, 0.25) is 0 Å². The van der Waals surface area contributed by atoms with Crippen molar-refractivity contribution in [2.24, 2.45) is 0 Å². The van der Waals surface area contributed by atoms with Crippen molar-refractivity contribution in [3.05, 3.63) is 60.3 Å². The molecule has 0 spiro atoms. The smallest absolute Gasteiger partial charge is 0.0339 e. The Morgan fingerprint density at radius 2 is 2.28 bits per heavy atom. The first-order valence-corrected chi connectivity index (χ1v) is 6.49. The van der Waals surface area contributed by atoms with E-state index in [0.717, 1.165) is 18.7 Å². The second-order valence-electron chi connectivity index (χ2n) is 4.91. The maximum Gasteiger partial charge on any atom is 0.0339 e. The topological polar surface area (TPSA) is 15.3 Å². The number of hydrogen-bond acceptors (Lipinski definition) is 2. The third-order valence-electron chi connectivity index (χ3n) is 3.86. The molecule has 0 saturated carbocycles. The summed E-state index contributed by atoms with van der Waals surface area (Å²) >= 11 is 0. The molecule has 0 aromatic heterocycles. The summed E-state index contributed by atoms with van der Waals surface area (Å²) in [6.45, 7) is 11.3. The average molecular weight is 242 g/mol. The van der Waals surface area contributed by atoms with Crippen LogP contribution in [0, 0.1) is 0 Å². The van der Waals surface area contributed by atoms with Crippen molar-refractivity contribution in [2.75, 3.05) is 7.05 Å². The molecule has 1 aromatic rings. The van der Waals surface area contributed by atoms with E-state index >= 15 is 0 Å². The minimum atomic E-state index is 0.340. The molecule has 1 aromatic carbocycles. The predicted octanol–water partition coefficient (Wildman–Crippen LogP) is 3.24. The lowest BCUT2D eigenvalue weighted by Crippen LogP contribution is -2.32. The van der Waals surface area contributed by atoms with Gasteiger partial charge in [-0.2, -0.15) is 0 Å². The molecule has 18 heavy (non-hydrogen) atoms. The van der Waals surface area contributed by atoms with Gasteiger partial charge in [-0.05, 0) is 18.1 Å². The Kier molecular flexibility index (Phi) is 3.87. The van der Waals surface area contributed by atoms with Gasteiger partial charge in [-0.15, -0.1) is 6.58 Å². The molecule has 2 heteroatoms. The number of fused-ring (bicyclic) bond motifs is 1. The van der Waals surface area contributed by atoms with Crippen LogP contribution in [0.5, 0.6) is 0 Å². The molecular formula is C16H22N2. The van der Waals surface area contributed by atoms with Crippen LogP contribution in [0.2, 0.25) is 0 Å². The average Bonchev–Trinajstić information content (AvgIpc) is 2.73. The molecule has 1 N–H and O–H groups in total. The van der Waals surface area contributed by atoms with Crippen LogP contribution in [0.1, 0.15) is 30.5 Å². The molecule has 0 amide bonds. The van der Waals surface area contributed by atoms with E-state index in [0.29, 0.717) is 12.1 Å². The Hall–Kier alpha value is -1.54. The van der Waals surface area contributed by atoms with E-state index in [1.807, 2.05) is 13.1 Å². The molecule has 0 aliphatic carbocycles. The maximum absolute atomic E-state index is 4.02. The minimum absolute atomic E-state index is 0.340. The lowest BCUT2D eigenvalue weighted by molar-refractivity contribution is 0.184. The van der Waals surface area contributed by atoms with E-state index in [9.17, 15) is 0 Å². The molecule has 0 fully saturated rings. The molecule has 1 aliphatic rings. The second-order valence-corrected chi connectivity index (χ2v) is 4.91. The third-order valence-corrected chi connectivity index (χ3v) is 3.86. The maximum atomic E-state index is 4.02. The number of hydrogen-bond donors (Lipinski definition) is 1. The van der Waals surface area contributed by atoms with E-state index in [2.05, 4.69) is 54.6 Å². The van der Waals surface area contributed by atoms with Crippen LogP contribution < -0.4 is 5.32 Å². The summed E-state index contributed by atoms with van der Waals surface area (Å²) in [4.78, 5) is 2.49. The molecule has 2 atom stereocenters. The van der Waals surface area contributed by atoms with E-state index in [1.165, 1.54) is 11.1 Å². The van der Waals surface area contributed by atoms with E-state index < -0.39 is 0 Å². The molecule has 2 nitrogen and oxygen atoms in total. The molecule has 2 unspecified atom stereocenters. The van der Waals surface area contributed by atoms with Gasteiger partial charge in [0.05, 0.1) is 0 Å². The molecule has 1 aliphatic heterocycles. The minimum Gasteiger partial charge on any atom is -0.392 e. The van der Waals surface area contributed by atoms with Gasteiger partial charge >= 0.3 is 0 Å². The molecule has 0 saturated heterocycles. The molecule has 0 bridgehead atoms. The predicted molar refractivity (Wildman–Crippen MR) is 77.2 cm³/mol. The normalized spacial score (nSPS) is 20.2. The van der Waals surface area contributed by atoms with Crippen LogP contribution in [0.25, 0.3) is 0 Å². The van der Waals surface area contributed by atoms with Crippen LogP contribution in [0.4, 0.5) is 0 Å². The SMILES string of the molecule is C=CC(CC(=C)NC)N1Cc2ccccc2C1C. The number of nitrogens with one attached hydrogen (secondary N) is 1. The largest absolute Gasteiger partial charge is 0.392 e. The summed E-state index contributed by atoms with van der Waals surface area (Å²) in [7, 11) is 1.92. The van der Waals surface area contributed by atoms with E-state index in [-0.39, 0.29) is 0 Å². The summed E-state index contributed by atoms with van der Waals surface area (Å²) in [5.41, 5.74) is 3.94. The fourth-order valence-electron chi connectivity index (χ4n) is 2.69. The highest BCUT2D eigenvalue weighted by atomic mass is 15.2. The first kappa shape index (κ1) is 12.9. The Morgan fingerprint density at radius 3 is 2.89 bits per heavy atom. The molecular weight excluding hydrogens is 220 g/mol. The Labute approximate surface area is 110 Å². The molecule has 96 valence electrons. The van der Waals surface area contributed by atoms with Gasteiger partial charge in [-0.3, -0.25) is 4.90 Å². The lowest BCUT2D eigenvalue weighted by Gasteiger charge is -2.30. The highest BCUT2D eigenvalue weighted by Gasteiger charge is 2.30. The zero-order chi connectivity index (χ0) is 13.1. The van der Waals surface area contributed by atoms with Crippen molar-refractivity contribution >= 4 is 0 Å².